The minimum atomic E-state index is -0.206. The molecule has 0 bridgehead atoms. The molecule has 1 aromatic carbocycles. The predicted octanol–water partition coefficient (Wildman–Crippen LogP) is 3.87. The van der Waals surface area contributed by atoms with Crippen LogP contribution in [0.1, 0.15) is 35.1 Å². The number of Topliss-reactive ketones (excluding diaryl/α,β-unsaturated/α-hetero) is 1. The predicted molar refractivity (Wildman–Crippen MR) is 102 cm³/mol. The Morgan fingerprint density at radius 3 is 2.72 bits per heavy atom. The van der Waals surface area contributed by atoms with Gasteiger partial charge in [0.25, 0.3) is 5.56 Å². The van der Waals surface area contributed by atoms with Gasteiger partial charge in [-0.1, -0.05) is 22.9 Å². The van der Waals surface area contributed by atoms with E-state index < -0.39 is 0 Å². The van der Waals surface area contributed by atoms with E-state index in [2.05, 4.69) is 32.4 Å². The minimum Gasteiger partial charge on any atom is -0.348 e. The van der Waals surface area contributed by atoms with E-state index in [0.717, 1.165) is 28.8 Å². The third-order valence-electron chi connectivity index (χ3n) is 4.42. The first-order chi connectivity index (χ1) is 11.9. The van der Waals surface area contributed by atoms with Crippen molar-refractivity contribution in [1.82, 2.24) is 14.1 Å². The summed E-state index contributed by atoms with van der Waals surface area (Å²) in [6, 6.07) is 7.26. The molecule has 0 N–H and O–H groups in total. The maximum absolute atomic E-state index is 12.7. The Labute approximate surface area is 154 Å². The molecular formula is C19H20BrN3O2. The van der Waals surface area contributed by atoms with Crippen molar-refractivity contribution in [3.8, 4) is 0 Å². The van der Waals surface area contributed by atoms with E-state index in [1.165, 1.54) is 10.9 Å². The third-order valence-corrected chi connectivity index (χ3v) is 4.91. The lowest BCUT2D eigenvalue weighted by Gasteiger charge is -2.09. The van der Waals surface area contributed by atoms with Gasteiger partial charge in [-0.15, -0.1) is 0 Å². The van der Waals surface area contributed by atoms with Gasteiger partial charge in [-0.05, 0) is 44.5 Å². The average molecular weight is 402 g/mol. The smallest absolute Gasteiger partial charge is 0.261 e. The minimum absolute atomic E-state index is 0.00922. The summed E-state index contributed by atoms with van der Waals surface area (Å²) in [5, 5.41) is 0.501. The largest absolute Gasteiger partial charge is 0.348 e. The zero-order chi connectivity index (χ0) is 18.1. The van der Waals surface area contributed by atoms with Gasteiger partial charge in [0.2, 0.25) is 0 Å². The zero-order valence-corrected chi connectivity index (χ0v) is 16.1. The van der Waals surface area contributed by atoms with Crippen LogP contribution in [0.5, 0.6) is 0 Å². The van der Waals surface area contributed by atoms with Crippen LogP contribution in [0, 0.1) is 13.8 Å². The molecule has 0 fully saturated rings. The number of ketones is 1. The van der Waals surface area contributed by atoms with Crippen molar-refractivity contribution in [2.75, 3.05) is 0 Å². The first kappa shape index (κ1) is 17.6. The molecule has 5 nitrogen and oxygen atoms in total. The summed E-state index contributed by atoms with van der Waals surface area (Å²) >= 11 is 3.37. The Balaban J connectivity index is 1.96. The van der Waals surface area contributed by atoms with Gasteiger partial charge in [0.15, 0.2) is 5.78 Å². The lowest BCUT2D eigenvalue weighted by atomic mass is 10.1. The lowest BCUT2D eigenvalue weighted by molar-refractivity contribution is 0.0970. The molecule has 25 heavy (non-hydrogen) atoms. The third kappa shape index (κ3) is 3.31. The molecule has 0 aliphatic heterocycles. The summed E-state index contributed by atoms with van der Waals surface area (Å²) < 4.78 is 4.33. The summed E-state index contributed by atoms with van der Waals surface area (Å²) in [4.78, 5) is 29.7. The number of hydrogen-bond donors (Lipinski definition) is 0. The second-order valence-electron chi connectivity index (χ2n) is 6.20. The Hall–Kier alpha value is -2.21. The maximum atomic E-state index is 12.7. The van der Waals surface area contributed by atoms with Gasteiger partial charge < -0.3 is 4.57 Å². The zero-order valence-electron chi connectivity index (χ0n) is 14.5. The Bertz CT molecular complexity index is 1020. The van der Waals surface area contributed by atoms with Crippen molar-refractivity contribution in [3.63, 3.8) is 0 Å². The number of carbonyl (C=O) groups is 1. The summed E-state index contributed by atoms with van der Waals surface area (Å²) in [5.74, 6) is -0.0753. The molecule has 0 amide bonds. The molecule has 2 aromatic heterocycles. The number of nitrogens with zero attached hydrogens (tertiary/aromatic N) is 3. The number of halogens is 1. The van der Waals surface area contributed by atoms with E-state index in [4.69, 9.17) is 0 Å². The van der Waals surface area contributed by atoms with Gasteiger partial charge in [-0.25, -0.2) is 4.98 Å². The molecule has 2 heterocycles. The Morgan fingerprint density at radius 1 is 1.24 bits per heavy atom. The summed E-state index contributed by atoms with van der Waals surface area (Å²) in [6.07, 6.45) is 2.45. The van der Waals surface area contributed by atoms with Gasteiger partial charge in [-0.2, -0.15) is 0 Å². The molecule has 3 aromatic rings. The second-order valence-corrected chi connectivity index (χ2v) is 7.11. The molecular weight excluding hydrogens is 382 g/mol. The Kier molecular flexibility index (Phi) is 4.90. The van der Waals surface area contributed by atoms with Crippen LogP contribution in [0.3, 0.4) is 0 Å². The van der Waals surface area contributed by atoms with Gasteiger partial charge in [0, 0.05) is 28.0 Å². The number of fused-ring (bicyclic) bond motifs is 1. The van der Waals surface area contributed by atoms with Gasteiger partial charge in [-0.3, -0.25) is 14.2 Å². The maximum Gasteiger partial charge on any atom is 0.261 e. The molecule has 0 saturated heterocycles. The van der Waals surface area contributed by atoms with Crippen LogP contribution in [0.25, 0.3) is 10.9 Å². The molecule has 3 rings (SSSR count). The quantitative estimate of drug-likeness (QED) is 0.609. The first-order valence-electron chi connectivity index (χ1n) is 8.27. The van der Waals surface area contributed by atoms with E-state index in [9.17, 15) is 9.59 Å². The first-order valence-corrected chi connectivity index (χ1v) is 9.06. The van der Waals surface area contributed by atoms with Gasteiger partial charge in [0.05, 0.1) is 23.8 Å². The second kappa shape index (κ2) is 6.96. The fourth-order valence-corrected chi connectivity index (χ4v) is 3.50. The van der Waals surface area contributed by atoms with Crippen LogP contribution >= 0.6 is 15.9 Å². The fourth-order valence-electron chi connectivity index (χ4n) is 3.13. The molecule has 0 saturated carbocycles. The lowest BCUT2D eigenvalue weighted by Crippen LogP contribution is -2.25. The van der Waals surface area contributed by atoms with E-state index in [1.807, 2.05) is 26.0 Å². The molecule has 0 unspecified atom stereocenters. The number of aryl methyl sites for hydroxylation is 1. The number of rotatable bonds is 5. The van der Waals surface area contributed by atoms with Crippen molar-refractivity contribution in [3.05, 3.63) is 62.4 Å². The molecule has 0 aliphatic rings. The van der Waals surface area contributed by atoms with Crippen LogP contribution in [0.15, 0.2) is 39.9 Å². The molecule has 0 aliphatic carbocycles. The van der Waals surface area contributed by atoms with Crippen molar-refractivity contribution >= 4 is 32.6 Å². The topological polar surface area (TPSA) is 56.9 Å². The normalized spacial score (nSPS) is 11.2. The molecule has 130 valence electrons. The highest BCUT2D eigenvalue weighted by Crippen LogP contribution is 2.18. The average Bonchev–Trinajstić information content (AvgIpc) is 2.86. The highest BCUT2D eigenvalue weighted by atomic mass is 79.9. The number of benzene rings is 1. The molecule has 6 heteroatoms. The van der Waals surface area contributed by atoms with E-state index in [1.54, 1.807) is 12.1 Å². The SMILES string of the molecule is CCCn1c(C)cc(C(=O)Cn2cnc3ccc(Br)cc3c2=O)c1C. The highest BCUT2D eigenvalue weighted by molar-refractivity contribution is 9.10. The van der Waals surface area contributed by atoms with E-state index in [-0.39, 0.29) is 17.9 Å². The summed E-state index contributed by atoms with van der Waals surface area (Å²) in [6.45, 7) is 6.94. The van der Waals surface area contributed by atoms with Gasteiger partial charge in [0.1, 0.15) is 0 Å². The summed E-state index contributed by atoms with van der Waals surface area (Å²) in [5.41, 5.74) is 3.11. The summed E-state index contributed by atoms with van der Waals surface area (Å²) in [7, 11) is 0. The fraction of sp³-hybridized carbons (Fsp3) is 0.316. The molecule has 0 atom stereocenters. The standard InChI is InChI=1S/C19H20BrN3O2/c1-4-7-23-12(2)8-15(13(23)3)18(24)10-22-11-21-17-6-5-14(20)9-16(17)19(22)25/h5-6,8-9,11H,4,7,10H2,1-3H3. The molecule has 0 spiro atoms. The number of aromatic nitrogens is 3. The van der Waals surface area contributed by atoms with Crippen molar-refractivity contribution in [2.45, 2.75) is 40.3 Å². The highest BCUT2D eigenvalue weighted by Gasteiger charge is 2.17. The monoisotopic (exact) mass is 401 g/mol. The Morgan fingerprint density at radius 2 is 2.00 bits per heavy atom. The van der Waals surface area contributed by atoms with Crippen LogP contribution < -0.4 is 5.56 Å². The van der Waals surface area contributed by atoms with Crippen LogP contribution in [0.2, 0.25) is 0 Å². The van der Waals surface area contributed by atoms with E-state index >= 15 is 0 Å². The molecule has 0 radical (unpaired) electrons. The van der Waals surface area contributed by atoms with Crippen LogP contribution in [-0.2, 0) is 13.1 Å². The van der Waals surface area contributed by atoms with Crippen LogP contribution in [-0.4, -0.2) is 19.9 Å². The van der Waals surface area contributed by atoms with Crippen LogP contribution in [0.4, 0.5) is 0 Å². The van der Waals surface area contributed by atoms with Crippen molar-refractivity contribution < 1.29 is 4.79 Å². The van der Waals surface area contributed by atoms with Crippen molar-refractivity contribution in [1.29, 1.82) is 0 Å². The number of carbonyl (C=O) groups excluding carboxylic acids is 1. The van der Waals surface area contributed by atoms with E-state index in [0.29, 0.717) is 16.5 Å². The van der Waals surface area contributed by atoms with Crippen molar-refractivity contribution in [2.24, 2.45) is 0 Å². The van der Waals surface area contributed by atoms with Gasteiger partial charge >= 0.3 is 0 Å². The number of hydrogen-bond acceptors (Lipinski definition) is 3.